The smallest absolute Gasteiger partial charge is 0.228 e. The first-order chi connectivity index (χ1) is 11.2. The van der Waals surface area contributed by atoms with Crippen LogP contribution >= 0.6 is 47.3 Å². The molecule has 6 nitrogen and oxygen atoms in total. The molecule has 130 valence electrons. The zero-order valence-corrected chi connectivity index (χ0v) is 16.9. The first-order valence-electron chi connectivity index (χ1n) is 7.43. The summed E-state index contributed by atoms with van der Waals surface area (Å²) < 4.78 is 5.26. The molecule has 9 heteroatoms. The van der Waals surface area contributed by atoms with Gasteiger partial charge in [0.05, 0.1) is 6.54 Å². The van der Waals surface area contributed by atoms with Gasteiger partial charge in [-0.1, -0.05) is 28.9 Å². The molecule has 0 saturated carbocycles. The fraction of sp³-hybridized carbons (Fsp3) is 0.400. The Morgan fingerprint density at radius 3 is 2.92 bits per heavy atom. The van der Waals surface area contributed by atoms with Crippen LogP contribution in [-0.4, -0.2) is 52.1 Å². The summed E-state index contributed by atoms with van der Waals surface area (Å²) in [6.45, 7) is 2.45. The Balaban J connectivity index is 0.00000208. The van der Waals surface area contributed by atoms with Crippen LogP contribution in [-0.2, 0) is 6.42 Å². The molecular formula is C15H19ClIN5OS. The molecule has 0 radical (unpaired) electrons. The molecule has 0 bridgehead atoms. The summed E-state index contributed by atoms with van der Waals surface area (Å²) >= 11 is 7.91. The number of thioether (sulfide) groups is 1. The lowest BCUT2D eigenvalue weighted by molar-refractivity contribution is 0.380. The van der Waals surface area contributed by atoms with E-state index in [1.165, 1.54) is 0 Å². The van der Waals surface area contributed by atoms with Gasteiger partial charge in [-0.05, 0) is 12.1 Å². The van der Waals surface area contributed by atoms with Gasteiger partial charge in [0.15, 0.2) is 5.96 Å². The van der Waals surface area contributed by atoms with E-state index in [9.17, 15) is 0 Å². The average Bonchev–Trinajstić information content (AvgIpc) is 3.04. The molecule has 0 aliphatic carbocycles. The van der Waals surface area contributed by atoms with Gasteiger partial charge in [0.1, 0.15) is 0 Å². The number of nitrogens with zero attached hydrogens (tertiary/aromatic N) is 4. The zero-order valence-electron chi connectivity index (χ0n) is 13.0. The lowest BCUT2D eigenvalue weighted by Gasteiger charge is -2.27. The maximum Gasteiger partial charge on any atom is 0.228 e. The summed E-state index contributed by atoms with van der Waals surface area (Å²) in [6, 6.07) is 7.37. The van der Waals surface area contributed by atoms with Crippen LogP contribution in [0.25, 0.3) is 11.4 Å². The standard InChI is InChI=1S/C15H18ClN5OS.HI/c16-12-3-1-2-11(10-12)14-19-13(22-20-14)4-5-18-15(17)21-6-8-23-9-7-21;/h1-3,10H,4-9H2,(H2,17,18);1H. The monoisotopic (exact) mass is 479 g/mol. The Morgan fingerprint density at radius 1 is 1.38 bits per heavy atom. The molecule has 1 aromatic carbocycles. The van der Waals surface area contributed by atoms with Crippen LogP contribution in [0, 0.1) is 0 Å². The highest BCUT2D eigenvalue weighted by molar-refractivity contribution is 14.0. The second-order valence-corrected chi connectivity index (χ2v) is 6.77. The Kier molecular flexibility index (Phi) is 7.63. The van der Waals surface area contributed by atoms with Gasteiger partial charge in [0, 0.05) is 41.6 Å². The van der Waals surface area contributed by atoms with E-state index in [2.05, 4.69) is 20.0 Å². The van der Waals surface area contributed by atoms with Gasteiger partial charge in [-0.2, -0.15) is 16.7 Å². The minimum absolute atomic E-state index is 0. The Hall–Kier alpha value is -1.00. The molecule has 24 heavy (non-hydrogen) atoms. The lowest BCUT2D eigenvalue weighted by Crippen LogP contribution is -2.42. The van der Waals surface area contributed by atoms with E-state index in [1.54, 1.807) is 6.07 Å². The normalized spacial score (nSPS) is 15.2. The van der Waals surface area contributed by atoms with E-state index in [-0.39, 0.29) is 24.0 Å². The van der Waals surface area contributed by atoms with Crippen LogP contribution in [0.2, 0.25) is 5.02 Å². The van der Waals surface area contributed by atoms with Crippen molar-refractivity contribution in [1.82, 2.24) is 15.0 Å². The quantitative estimate of drug-likeness (QED) is 0.413. The Bertz CT molecular complexity index is 690. The number of aromatic nitrogens is 2. The first kappa shape index (κ1) is 19.3. The van der Waals surface area contributed by atoms with Crippen molar-refractivity contribution in [2.75, 3.05) is 31.1 Å². The van der Waals surface area contributed by atoms with Crippen molar-refractivity contribution in [3.05, 3.63) is 35.2 Å². The molecule has 1 saturated heterocycles. The zero-order chi connectivity index (χ0) is 16.1. The topological polar surface area (TPSA) is 80.5 Å². The highest BCUT2D eigenvalue weighted by atomic mass is 127. The number of hydrogen-bond acceptors (Lipinski definition) is 5. The first-order valence-corrected chi connectivity index (χ1v) is 8.97. The summed E-state index contributed by atoms with van der Waals surface area (Å²) in [5, 5.41) is 4.62. The molecule has 1 fully saturated rings. The van der Waals surface area contributed by atoms with Crippen molar-refractivity contribution in [3.63, 3.8) is 0 Å². The average molecular weight is 480 g/mol. The van der Waals surface area contributed by atoms with Crippen LogP contribution in [0.4, 0.5) is 0 Å². The van der Waals surface area contributed by atoms with E-state index in [1.807, 2.05) is 30.0 Å². The number of benzene rings is 1. The van der Waals surface area contributed by atoms with Gasteiger partial charge in [-0.25, -0.2) is 0 Å². The molecular weight excluding hydrogens is 461 g/mol. The predicted octanol–water partition coefficient (Wildman–Crippen LogP) is 2.91. The Labute approximate surface area is 167 Å². The summed E-state index contributed by atoms with van der Waals surface area (Å²) in [7, 11) is 0. The van der Waals surface area contributed by atoms with E-state index in [0.717, 1.165) is 30.2 Å². The van der Waals surface area contributed by atoms with Crippen LogP contribution in [0.1, 0.15) is 5.89 Å². The molecule has 0 amide bonds. The molecule has 2 aromatic rings. The summed E-state index contributed by atoms with van der Waals surface area (Å²) in [5.74, 6) is 3.88. The fourth-order valence-electron chi connectivity index (χ4n) is 2.26. The van der Waals surface area contributed by atoms with E-state index in [0.29, 0.717) is 35.7 Å². The van der Waals surface area contributed by atoms with Crippen LogP contribution in [0.3, 0.4) is 0 Å². The van der Waals surface area contributed by atoms with E-state index in [4.69, 9.17) is 21.9 Å². The number of hydrogen-bond donors (Lipinski definition) is 1. The van der Waals surface area contributed by atoms with Crippen molar-refractivity contribution >= 4 is 53.3 Å². The van der Waals surface area contributed by atoms with E-state index >= 15 is 0 Å². The Morgan fingerprint density at radius 2 is 2.17 bits per heavy atom. The number of halogens is 2. The summed E-state index contributed by atoms with van der Waals surface area (Å²) in [4.78, 5) is 10.9. The minimum Gasteiger partial charge on any atom is -0.370 e. The molecule has 3 rings (SSSR count). The van der Waals surface area contributed by atoms with Crippen molar-refractivity contribution in [2.24, 2.45) is 10.7 Å². The third kappa shape index (κ3) is 5.25. The summed E-state index contributed by atoms with van der Waals surface area (Å²) in [5.41, 5.74) is 6.85. The van der Waals surface area contributed by atoms with Gasteiger partial charge < -0.3 is 15.2 Å². The van der Waals surface area contributed by atoms with Crippen molar-refractivity contribution in [2.45, 2.75) is 6.42 Å². The molecule has 2 heterocycles. The van der Waals surface area contributed by atoms with Gasteiger partial charge in [0.25, 0.3) is 0 Å². The number of aliphatic imine (C=N–C) groups is 1. The molecule has 1 aliphatic heterocycles. The van der Waals surface area contributed by atoms with E-state index < -0.39 is 0 Å². The maximum absolute atomic E-state index is 6.01. The molecule has 1 aromatic heterocycles. The second kappa shape index (κ2) is 9.47. The highest BCUT2D eigenvalue weighted by Crippen LogP contribution is 2.20. The van der Waals surface area contributed by atoms with Gasteiger partial charge in [0.2, 0.25) is 11.7 Å². The minimum atomic E-state index is 0. The number of rotatable bonds is 4. The summed E-state index contributed by atoms with van der Waals surface area (Å²) in [6.07, 6.45) is 0.566. The molecule has 0 spiro atoms. The fourth-order valence-corrected chi connectivity index (χ4v) is 3.35. The maximum atomic E-state index is 6.01. The van der Waals surface area contributed by atoms with Gasteiger partial charge in [-0.15, -0.1) is 24.0 Å². The van der Waals surface area contributed by atoms with Crippen molar-refractivity contribution in [1.29, 1.82) is 0 Å². The molecule has 0 unspecified atom stereocenters. The number of guanidine groups is 1. The predicted molar refractivity (Wildman–Crippen MR) is 109 cm³/mol. The molecule has 0 atom stereocenters. The van der Waals surface area contributed by atoms with Crippen molar-refractivity contribution < 1.29 is 4.52 Å². The number of nitrogens with two attached hydrogens (primary N) is 1. The third-order valence-electron chi connectivity index (χ3n) is 3.49. The SMILES string of the molecule is I.NC(=NCCc1nc(-c2cccc(Cl)c2)no1)N1CCSCC1. The molecule has 2 N–H and O–H groups in total. The lowest BCUT2D eigenvalue weighted by atomic mass is 10.2. The van der Waals surface area contributed by atoms with Crippen LogP contribution < -0.4 is 5.73 Å². The van der Waals surface area contributed by atoms with Crippen molar-refractivity contribution in [3.8, 4) is 11.4 Å². The van der Waals surface area contributed by atoms with Gasteiger partial charge in [-0.3, -0.25) is 4.99 Å². The molecule has 1 aliphatic rings. The third-order valence-corrected chi connectivity index (χ3v) is 4.66. The second-order valence-electron chi connectivity index (χ2n) is 5.11. The van der Waals surface area contributed by atoms with Gasteiger partial charge >= 0.3 is 0 Å². The van der Waals surface area contributed by atoms with Crippen LogP contribution in [0.5, 0.6) is 0 Å². The highest BCUT2D eigenvalue weighted by Gasteiger charge is 2.12. The largest absolute Gasteiger partial charge is 0.370 e. The van der Waals surface area contributed by atoms with Crippen LogP contribution in [0.15, 0.2) is 33.8 Å².